The number of benzene rings is 2. The monoisotopic (exact) mass is 458 g/mol. The van der Waals surface area contributed by atoms with E-state index in [1.807, 2.05) is 19.1 Å². The molecule has 0 radical (unpaired) electrons. The summed E-state index contributed by atoms with van der Waals surface area (Å²) in [4.78, 5) is 28.3. The molecule has 34 heavy (non-hydrogen) atoms. The number of hydrogen-bond donors (Lipinski definition) is 3. The maximum Gasteiger partial charge on any atom is 0.251 e. The molecule has 2 amide bonds. The molecule has 0 bridgehead atoms. The zero-order chi connectivity index (χ0) is 24.3. The molecule has 3 rings (SSSR count). The van der Waals surface area contributed by atoms with Crippen LogP contribution < -0.4 is 21.1 Å². The highest BCUT2D eigenvalue weighted by molar-refractivity contribution is 5.99. The van der Waals surface area contributed by atoms with E-state index in [9.17, 15) is 9.59 Å². The van der Waals surface area contributed by atoms with Gasteiger partial charge in [0.25, 0.3) is 5.91 Å². The van der Waals surface area contributed by atoms with E-state index in [2.05, 4.69) is 32.4 Å². The van der Waals surface area contributed by atoms with Gasteiger partial charge in [-0.05, 0) is 42.8 Å². The minimum atomic E-state index is -0.441. The molecule has 0 aliphatic rings. The van der Waals surface area contributed by atoms with Gasteiger partial charge in [-0.3, -0.25) is 9.59 Å². The summed E-state index contributed by atoms with van der Waals surface area (Å²) in [6.07, 6.45) is 1.67. The number of carbonyl (C=O) groups is 2. The van der Waals surface area contributed by atoms with Crippen molar-refractivity contribution in [1.82, 2.24) is 10.3 Å². The molecule has 0 spiro atoms. The van der Waals surface area contributed by atoms with Crippen molar-refractivity contribution in [2.24, 2.45) is 10.2 Å². The number of anilines is 2. The lowest BCUT2D eigenvalue weighted by Crippen LogP contribution is -2.33. The maximum absolute atomic E-state index is 12.2. The van der Waals surface area contributed by atoms with Crippen molar-refractivity contribution in [1.29, 1.82) is 0 Å². The van der Waals surface area contributed by atoms with Crippen molar-refractivity contribution >= 4 is 34.8 Å². The first-order valence-corrected chi connectivity index (χ1v) is 10.7. The third kappa shape index (κ3) is 6.99. The Balaban J connectivity index is 1.60. The normalized spacial score (nSPS) is 10.6. The molecule has 4 N–H and O–H groups in total. The second kappa shape index (κ2) is 11.9. The van der Waals surface area contributed by atoms with Crippen LogP contribution in [-0.4, -0.2) is 23.3 Å². The first-order valence-electron chi connectivity index (χ1n) is 10.7. The Hall–Kier alpha value is -4.53. The average molecular weight is 459 g/mol. The topological polar surface area (TPSA) is 131 Å². The van der Waals surface area contributed by atoms with Crippen LogP contribution in [0.3, 0.4) is 0 Å². The summed E-state index contributed by atoms with van der Waals surface area (Å²) >= 11 is 0. The number of rotatable bonds is 10. The Bertz CT molecular complexity index is 1190. The van der Waals surface area contributed by atoms with Crippen LogP contribution in [-0.2, 0) is 4.79 Å². The average Bonchev–Trinajstić information content (AvgIpc) is 2.83. The van der Waals surface area contributed by atoms with E-state index in [1.54, 1.807) is 54.6 Å². The van der Waals surface area contributed by atoms with Crippen LogP contribution in [0.1, 0.15) is 30.1 Å². The quantitative estimate of drug-likeness (QED) is 0.286. The number of azo groups is 1. The number of nitrogens with zero attached hydrogens (tertiary/aromatic N) is 3. The molecule has 0 atom stereocenters. The van der Waals surface area contributed by atoms with Crippen molar-refractivity contribution in [3.63, 3.8) is 0 Å². The van der Waals surface area contributed by atoms with Crippen molar-refractivity contribution in [2.75, 3.05) is 17.6 Å². The Labute approximate surface area is 197 Å². The smallest absolute Gasteiger partial charge is 0.251 e. The molecule has 1 heterocycles. The zero-order valence-electron chi connectivity index (χ0n) is 18.8. The summed E-state index contributed by atoms with van der Waals surface area (Å²) < 4.78 is 5.76. The van der Waals surface area contributed by atoms with Gasteiger partial charge < -0.3 is 21.1 Å². The van der Waals surface area contributed by atoms with E-state index in [1.165, 1.54) is 0 Å². The number of ether oxygens (including phenoxy) is 1. The fraction of sp³-hybridized carbons (Fsp3) is 0.160. The molecule has 0 saturated heterocycles. The summed E-state index contributed by atoms with van der Waals surface area (Å²) in [7, 11) is 0. The number of para-hydroxylation sites is 1. The number of allylic oxidation sites excluding steroid dienone is 1. The largest absolute Gasteiger partial charge is 0.460 e. The van der Waals surface area contributed by atoms with E-state index in [4.69, 9.17) is 10.5 Å². The van der Waals surface area contributed by atoms with Gasteiger partial charge in [0.2, 0.25) is 5.91 Å². The van der Waals surface area contributed by atoms with E-state index in [0.29, 0.717) is 28.4 Å². The Kier molecular flexibility index (Phi) is 8.45. The molecular weight excluding hydrogens is 432 g/mol. The molecule has 0 aliphatic carbocycles. The molecule has 9 nitrogen and oxygen atoms in total. The third-order valence-corrected chi connectivity index (χ3v) is 4.53. The van der Waals surface area contributed by atoms with E-state index < -0.39 is 5.91 Å². The number of nitrogen functional groups attached to an aromatic ring is 1. The van der Waals surface area contributed by atoms with Crippen LogP contribution in [0.15, 0.2) is 89.3 Å². The summed E-state index contributed by atoms with van der Waals surface area (Å²) in [6, 6.07) is 19.0. The van der Waals surface area contributed by atoms with Gasteiger partial charge >= 0.3 is 0 Å². The summed E-state index contributed by atoms with van der Waals surface area (Å²) in [6.45, 7) is 5.74. The van der Waals surface area contributed by atoms with Crippen molar-refractivity contribution in [3.05, 3.63) is 84.6 Å². The maximum atomic E-state index is 12.2. The first-order chi connectivity index (χ1) is 16.5. The molecule has 0 saturated carbocycles. The zero-order valence-corrected chi connectivity index (χ0v) is 18.8. The fourth-order valence-corrected chi connectivity index (χ4v) is 2.88. The molecule has 0 fully saturated rings. The summed E-state index contributed by atoms with van der Waals surface area (Å²) in [5.41, 5.74) is 7.30. The Morgan fingerprint density at radius 1 is 1.00 bits per heavy atom. The molecule has 2 aromatic carbocycles. The number of carbonyl (C=O) groups excluding carboxylic acids is 2. The SMILES string of the molecule is C=C(CCC)Oc1ccccc1/N=N/c1ccc(NC(=O)CNC(=O)c2ccccc2)nc1N. The fourth-order valence-electron chi connectivity index (χ4n) is 2.88. The van der Waals surface area contributed by atoms with Crippen LogP contribution in [0.5, 0.6) is 5.75 Å². The lowest BCUT2D eigenvalue weighted by atomic mass is 10.2. The van der Waals surface area contributed by atoms with Gasteiger partial charge in [-0.25, -0.2) is 4.98 Å². The predicted octanol–water partition coefficient (Wildman–Crippen LogP) is 5.14. The van der Waals surface area contributed by atoms with E-state index in [0.717, 1.165) is 12.8 Å². The number of nitrogens with one attached hydrogen (secondary N) is 2. The van der Waals surface area contributed by atoms with Gasteiger partial charge in [-0.2, -0.15) is 0 Å². The van der Waals surface area contributed by atoms with Crippen LogP contribution in [0.4, 0.5) is 23.0 Å². The van der Waals surface area contributed by atoms with Gasteiger partial charge in [0.05, 0.1) is 12.3 Å². The highest BCUT2D eigenvalue weighted by Crippen LogP contribution is 2.31. The highest BCUT2D eigenvalue weighted by atomic mass is 16.5. The number of pyridine rings is 1. The van der Waals surface area contributed by atoms with Crippen LogP contribution in [0.2, 0.25) is 0 Å². The molecule has 3 aromatic rings. The van der Waals surface area contributed by atoms with Crippen molar-refractivity contribution in [2.45, 2.75) is 19.8 Å². The van der Waals surface area contributed by atoms with Crippen LogP contribution in [0, 0.1) is 0 Å². The molecule has 0 aliphatic heterocycles. The molecule has 0 unspecified atom stereocenters. The number of hydrogen-bond acceptors (Lipinski definition) is 7. The minimum absolute atomic E-state index is 0.0867. The van der Waals surface area contributed by atoms with Gasteiger partial charge in [0, 0.05) is 12.0 Å². The Morgan fingerprint density at radius 2 is 1.71 bits per heavy atom. The number of nitrogens with two attached hydrogens (primary N) is 1. The van der Waals surface area contributed by atoms with Gasteiger partial charge in [0.1, 0.15) is 17.2 Å². The van der Waals surface area contributed by atoms with Crippen LogP contribution >= 0.6 is 0 Å². The van der Waals surface area contributed by atoms with Gasteiger partial charge in [-0.15, -0.1) is 10.2 Å². The van der Waals surface area contributed by atoms with E-state index >= 15 is 0 Å². The van der Waals surface area contributed by atoms with Crippen molar-refractivity contribution in [3.8, 4) is 5.75 Å². The second-order valence-corrected chi connectivity index (χ2v) is 7.26. The summed E-state index contributed by atoms with van der Waals surface area (Å²) in [5, 5.41) is 13.5. The number of aromatic nitrogens is 1. The Morgan fingerprint density at radius 3 is 2.44 bits per heavy atom. The van der Waals surface area contributed by atoms with Gasteiger partial charge in [-0.1, -0.05) is 43.8 Å². The lowest BCUT2D eigenvalue weighted by Gasteiger charge is -2.09. The number of amides is 2. The lowest BCUT2D eigenvalue weighted by molar-refractivity contribution is -0.115. The minimum Gasteiger partial charge on any atom is -0.460 e. The molecule has 1 aromatic heterocycles. The highest BCUT2D eigenvalue weighted by Gasteiger charge is 2.10. The summed E-state index contributed by atoms with van der Waals surface area (Å²) in [5.74, 6) is 0.716. The first kappa shape index (κ1) is 24.1. The van der Waals surface area contributed by atoms with Crippen LogP contribution in [0.25, 0.3) is 0 Å². The molecular formula is C25H26N6O3. The van der Waals surface area contributed by atoms with Gasteiger partial charge in [0.15, 0.2) is 11.6 Å². The standard InChI is InChI=1S/C25H26N6O3/c1-3-9-17(2)34-21-13-8-7-12-19(21)30-31-20-14-15-22(29-24(20)26)28-23(32)16-27-25(33)18-10-5-4-6-11-18/h4-8,10-15H,2-3,9,16H2,1H3,(H,27,33)(H3,26,28,29,32)/b31-30+. The van der Waals surface area contributed by atoms with Crippen molar-refractivity contribution < 1.29 is 14.3 Å². The van der Waals surface area contributed by atoms with E-state index in [-0.39, 0.29) is 24.1 Å². The molecule has 174 valence electrons. The second-order valence-electron chi connectivity index (χ2n) is 7.26. The third-order valence-electron chi connectivity index (χ3n) is 4.53. The molecule has 9 heteroatoms. The predicted molar refractivity (Wildman–Crippen MR) is 131 cm³/mol.